The molecule has 136 valence electrons. The molecule has 3 aromatic rings. The third kappa shape index (κ3) is 3.76. The van der Waals surface area contributed by atoms with E-state index in [0.717, 1.165) is 49.4 Å². The summed E-state index contributed by atoms with van der Waals surface area (Å²) in [5, 5.41) is 9.58. The molecule has 2 aromatic carbocycles. The normalized spacial score (nSPS) is 17.7. The van der Waals surface area contributed by atoms with Gasteiger partial charge in [0.25, 0.3) is 5.56 Å². The summed E-state index contributed by atoms with van der Waals surface area (Å²) in [5.41, 5.74) is 3.66. The van der Waals surface area contributed by atoms with Gasteiger partial charge in [-0.2, -0.15) is 5.26 Å². The minimum absolute atomic E-state index is 0.0529. The smallest absolute Gasteiger partial charge is 0.258 e. The Morgan fingerprint density at radius 1 is 1.26 bits per heavy atom. The highest BCUT2D eigenvalue weighted by atomic mass is 16.1. The molecule has 0 saturated carbocycles. The van der Waals surface area contributed by atoms with Crippen LogP contribution in [0.3, 0.4) is 0 Å². The lowest BCUT2D eigenvalue weighted by Gasteiger charge is -2.32. The zero-order chi connectivity index (χ0) is 18.8. The van der Waals surface area contributed by atoms with Crippen molar-refractivity contribution in [2.45, 2.75) is 32.2 Å². The molecule has 0 bridgehead atoms. The maximum Gasteiger partial charge on any atom is 0.258 e. The van der Waals surface area contributed by atoms with Gasteiger partial charge < -0.3 is 4.98 Å². The molecule has 1 aliphatic rings. The molecular weight excluding hydrogens is 336 g/mol. The van der Waals surface area contributed by atoms with Crippen molar-refractivity contribution >= 4 is 10.9 Å². The molecule has 0 amide bonds. The molecule has 1 aliphatic heterocycles. The molecular formula is C22H22N4O. The maximum atomic E-state index is 12.5. The number of benzene rings is 2. The van der Waals surface area contributed by atoms with E-state index in [0.29, 0.717) is 10.9 Å². The number of nitrogens with zero attached hydrogens (tertiary/aromatic N) is 3. The molecule has 27 heavy (non-hydrogen) atoms. The van der Waals surface area contributed by atoms with Crippen LogP contribution in [0.2, 0.25) is 0 Å². The highest BCUT2D eigenvalue weighted by Gasteiger charge is 2.23. The lowest BCUT2D eigenvalue weighted by Crippen LogP contribution is -2.35. The Labute approximate surface area is 158 Å². The van der Waals surface area contributed by atoms with E-state index in [1.54, 1.807) is 0 Å². The molecule has 2 heterocycles. The van der Waals surface area contributed by atoms with Crippen molar-refractivity contribution in [3.05, 3.63) is 75.3 Å². The lowest BCUT2D eigenvalue weighted by atomic mass is 9.96. The fourth-order valence-electron chi connectivity index (χ4n) is 3.83. The van der Waals surface area contributed by atoms with Crippen LogP contribution in [-0.2, 0) is 6.54 Å². The van der Waals surface area contributed by atoms with Gasteiger partial charge in [0.2, 0.25) is 0 Å². The highest BCUT2D eigenvalue weighted by molar-refractivity contribution is 5.78. The molecule has 1 fully saturated rings. The molecule has 0 aliphatic carbocycles. The third-order valence-electron chi connectivity index (χ3n) is 5.26. The minimum atomic E-state index is -0.0529. The Hall–Kier alpha value is -2.97. The average Bonchev–Trinajstić information content (AvgIpc) is 2.69. The van der Waals surface area contributed by atoms with Gasteiger partial charge in [0.05, 0.1) is 22.5 Å². The number of aromatic nitrogens is 2. The number of piperidine rings is 1. The van der Waals surface area contributed by atoms with E-state index < -0.39 is 0 Å². The zero-order valence-electron chi connectivity index (χ0n) is 15.4. The maximum absolute atomic E-state index is 12.5. The largest absolute Gasteiger partial charge is 0.310 e. The van der Waals surface area contributed by atoms with Gasteiger partial charge in [0.15, 0.2) is 0 Å². The summed E-state index contributed by atoms with van der Waals surface area (Å²) in [6.07, 6.45) is 2.11. The Kier molecular flexibility index (Phi) is 4.74. The van der Waals surface area contributed by atoms with Crippen molar-refractivity contribution in [2.24, 2.45) is 0 Å². The fraction of sp³-hybridized carbons (Fsp3) is 0.318. The van der Waals surface area contributed by atoms with Gasteiger partial charge in [-0.15, -0.1) is 0 Å². The second kappa shape index (κ2) is 7.34. The Balaban J connectivity index is 1.54. The number of aromatic amines is 1. The molecule has 1 saturated heterocycles. The van der Waals surface area contributed by atoms with Gasteiger partial charge in [0, 0.05) is 19.0 Å². The summed E-state index contributed by atoms with van der Waals surface area (Å²) >= 11 is 0. The van der Waals surface area contributed by atoms with Crippen molar-refractivity contribution in [2.75, 3.05) is 13.1 Å². The molecule has 4 rings (SSSR count). The molecule has 1 aromatic heterocycles. The quantitative estimate of drug-likeness (QED) is 0.778. The number of H-pyrrole nitrogens is 1. The minimum Gasteiger partial charge on any atom is -0.310 e. The van der Waals surface area contributed by atoms with Crippen LogP contribution >= 0.6 is 0 Å². The Morgan fingerprint density at radius 3 is 2.85 bits per heavy atom. The SMILES string of the molecule is Cc1ccc2nc(C3CCCN(Cc4ccc(C#N)cc4)C3)[nH]c(=O)c2c1. The second-order valence-electron chi connectivity index (χ2n) is 7.35. The van der Waals surface area contributed by atoms with Gasteiger partial charge in [0.1, 0.15) is 5.82 Å². The van der Waals surface area contributed by atoms with Crippen LogP contribution in [-0.4, -0.2) is 28.0 Å². The number of nitriles is 1. The summed E-state index contributed by atoms with van der Waals surface area (Å²) in [4.78, 5) is 22.7. The van der Waals surface area contributed by atoms with Gasteiger partial charge >= 0.3 is 0 Å². The number of hydrogen-bond acceptors (Lipinski definition) is 4. The third-order valence-corrected chi connectivity index (χ3v) is 5.26. The van der Waals surface area contributed by atoms with Crippen LogP contribution in [0.4, 0.5) is 0 Å². The number of nitrogens with one attached hydrogen (secondary N) is 1. The van der Waals surface area contributed by atoms with Crippen molar-refractivity contribution in [3.8, 4) is 6.07 Å². The van der Waals surface area contributed by atoms with Crippen LogP contribution < -0.4 is 5.56 Å². The molecule has 5 nitrogen and oxygen atoms in total. The first-order valence-electron chi connectivity index (χ1n) is 9.34. The monoisotopic (exact) mass is 358 g/mol. The number of likely N-dealkylation sites (tertiary alicyclic amines) is 1. The van der Waals surface area contributed by atoms with Gasteiger partial charge in [-0.05, 0) is 56.1 Å². The van der Waals surface area contributed by atoms with Crippen LogP contribution in [0.25, 0.3) is 10.9 Å². The van der Waals surface area contributed by atoms with Crippen LogP contribution in [0.15, 0.2) is 47.3 Å². The van der Waals surface area contributed by atoms with E-state index in [2.05, 4.69) is 16.0 Å². The standard InChI is InChI=1S/C22H22N4O/c1-15-4-9-20-19(11-15)22(27)25-21(24-20)18-3-2-10-26(14-18)13-17-7-5-16(12-23)6-8-17/h4-9,11,18H,2-3,10,13-14H2,1H3,(H,24,25,27). The zero-order valence-corrected chi connectivity index (χ0v) is 15.4. The second-order valence-corrected chi connectivity index (χ2v) is 7.35. The average molecular weight is 358 g/mol. The van der Waals surface area contributed by atoms with Crippen molar-refractivity contribution in [1.82, 2.24) is 14.9 Å². The predicted octanol–water partition coefficient (Wildman–Crippen LogP) is 3.48. The van der Waals surface area contributed by atoms with E-state index in [9.17, 15) is 4.79 Å². The predicted molar refractivity (Wildman–Crippen MR) is 106 cm³/mol. The first-order chi connectivity index (χ1) is 13.1. The summed E-state index contributed by atoms with van der Waals surface area (Å²) in [6, 6.07) is 15.7. The van der Waals surface area contributed by atoms with Crippen molar-refractivity contribution < 1.29 is 0 Å². The Morgan fingerprint density at radius 2 is 2.07 bits per heavy atom. The molecule has 0 radical (unpaired) electrons. The van der Waals surface area contributed by atoms with Gasteiger partial charge in [-0.25, -0.2) is 4.98 Å². The molecule has 0 spiro atoms. The molecule has 1 atom stereocenters. The molecule has 1 N–H and O–H groups in total. The van der Waals surface area contributed by atoms with Crippen molar-refractivity contribution in [3.63, 3.8) is 0 Å². The first-order valence-corrected chi connectivity index (χ1v) is 9.34. The molecule has 5 heteroatoms. The summed E-state index contributed by atoms with van der Waals surface area (Å²) in [5.74, 6) is 1.02. The Bertz CT molecular complexity index is 1060. The summed E-state index contributed by atoms with van der Waals surface area (Å²) in [6.45, 7) is 4.74. The van der Waals surface area contributed by atoms with Crippen LogP contribution in [0, 0.1) is 18.3 Å². The van der Waals surface area contributed by atoms with E-state index in [4.69, 9.17) is 10.2 Å². The van der Waals surface area contributed by atoms with Crippen LogP contribution in [0.5, 0.6) is 0 Å². The summed E-state index contributed by atoms with van der Waals surface area (Å²) in [7, 11) is 0. The molecule has 1 unspecified atom stereocenters. The van der Waals surface area contributed by atoms with E-state index >= 15 is 0 Å². The topological polar surface area (TPSA) is 72.8 Å². The first kappa shape index (κ1) is 17.4. The van der Waals surface area contributed by atoms with Crippen LogP contribution in [0.1, 0.15) is 41.3 Å². The lowest BCUT2D eigenvalue weighted by molar-refractivity contribution is 0.196. The summed E-state index contributed by atoms with van der Waals surface area (Å²) < 4.78 is 0. The highest BCUT2D eigenvalue weighted by Crippen LogP contribution is 2.26. The van der Waals surface area contributed by atoms with Crippen molar-refractivity contribution in [1.29, 1.82) is 5.26 Å². The number of aryl methyl sites for hydroxylation is 1. The fourth-order valence-corrected chi connectivity index (χ4v) is 3.83. The van der Waals surface area contributed by atoms with E-state index in [-0.39, 0.29) is 11.5 Å². The number of rotatable bonds is 3. The number of hydrogen-bond donors (Lipinski definition) is 1. The van der Waals surface area contributed by atoms with Gasteiger partial charge in [-0.1, -0.05) is 23.8 Å². The number of fused-ring (bicyclic) bond motifs is 1. The van der Waals surface area contributed by atoms with E-state index in [1.165, 1.54) is 5.56 Å². The van der Waals surface area contributed by atoms with Gasteiger partial charge in [-0.3, -0.25) is 9.69 Å². The van der Waals surface area contributed by atoms with E-state index in [1.807, 2.05) is 49.4 Å².